The van der Waals surface area contributed by atoms with E-state index in [4.69, 9.17) is 4.74 Å². The van der Waals surface area contributed by atoms with Crippen LogP contribution >= 0.6 is 0 Å². The van der Waals surface area contributed by atoms with Gasteiger partial charge in [-0.05, 0) is 48.6 Å². The molecule has 1 aliphatic rings. The summed E-state index contributed by atoms with van der Waals surface area (Å²) in [6.45, 7) is 4.15. The van der Waals surface area contributed by atoms with Crippen LogP contribution < -0.4 is 10.1 Å². The van der Waals surface area contributed by atoms with Gasteiger partial charge in [-0.25, -0.2) is 0 Å². The van der Waals surface area contributed by atoms with Crippen molar-refractivity contribution in [3.05, 3.63) is 42.0 Å². The Kier molecular flexibility index (Phi) is 4.03. The second-order valence-electron chi connectivity index (χ2n) is 4.60. The Hall–Kier alpha value is -1.77. The number of fused-ring (bicyclic) bond motifs is 1. The molecule has 0 fully saturated rings. The number of carbonyl (C=O) groups is 1. The third-order valence-electron chi connectivity index (χ3n) is 3.50. The molecular weight excluding hydrogens is 226 g/mol. The Morgan fingerprint density at radius 2 is 2.44 bits per heavy atom. The van der Waals surface area contributed by atoms with E-state index in [1.165, 1.54) is 17.2 Å². The van der Waals surface area contributed by atoms with Crippen molar-refractivity contribution >= 4 is 5.91 Å². The molecule has 0 saturated carbocycles. The Morgan fingerprint density at radius 3 is 3.17 bits per heavy atom. The van der Waals surface area contributed by atoms with E-state index in [0.717, 1.165) is 25.0 Å². The zero-order valence-corrected chi connectivity index (χ0v) is 10.7. The van der Waals surface area contributed by atoms with Crippen LogP contribution in [0.25, 0.3) is 0 Å². The van der Waals surface area contributed by atoms with E-state index >= 15 is 0 Å². The van der Waals surface area contributed by atoms with E-state index in [2.05, 4.69) is 24.0 Å². The molecule has 1 aliphatic carbocycles. The van der Waals surface area contributed by atoms with Crippen molar-refractivity contribution < 1.29 is 9.53 Å². The molecule has 0 bridgehead atoms. The van der Waals surface area contributed by atoms with Gasteiger partial charge < -0.3 is 10.1 Å². The topological polar surface area (TPSA) is 38.3 Å². The van der Waals surface area contributed by atoms with Gasteiger partial charge in [0.05, 0.1) is 7.11 Å². The second-order valence-corrected chi connectivity index (χ2v) is 4.60. The summed E-state index contributed by atoms with van der Waals surface area (Å²) in [6, 6.07) is 6.22. The lowest BCUT2D eigenvalue weighted by Gasteiger charge is -2.26. The molecule has 0 saturated heterocycles. The van der Waals surface area contributed by atoms with Gasteiger partial charge in [0.1, 0.15) is 5.75 Å². The zero-order valence-electron chi connectivity index (χ0n) is 10.7. The van der Waals surface area contributed by atoms with E-state index in [0.29, 0.717) is 12.5 Å². The molecule has 1 amide bonds. The third kappa shape index (κ3) is 2.73. The molecule has 1 aromatic carbocycles. The smallest absolute Gasteiger partial charge is 0.243 e. The number of hydrogen-bond acceptors (Lipinski definition) is 2. The minimum Gasteiger partial charge on any atom is -0.497 e. The molecule has 18 heavy (non-hydrogen) atoms. The summed E-state index contributed by atoms with van der Waals surface area (Å²) >= 11 is 0. The van der Waals surface area contributed by atoms with Crippen LogP contribution in [0.15, 0.2) is 30.9 Å². The van der Waals surface area contributed by atoms with E-state index in [1.807, 2.05) is 6.07 Å². The highest BCUT2D eigenvalue weighted by molar-refractivity contribution is 5.86. The number of hydrogen-bond donors (Lipinski definition) is 1. The number of benzene rings is 1. The van der Waals surface area contributed by atoms with Crippen LogP contribution in [0.2, 0.25) is 0 Å². The lowest BCUT2D eigenvalue weighted by atomic mass is 9.82. The summed E-state index contributed by atoms with van der Waals surface area (Å²) in [5, 5.41) is 2.88. The fraction of sp³-hybridized carbons (Fsp3) is 0.400. The van der Waals surface area contributed by atoms with Crippen molar-refractivity contribution in [2.24, 2.45) is 0 Å². The maximum absolute atomic E-state index is 11.2. The van der Waals surface area contributed by atoms with Crippen molar-refractivity contribution in [3.63, 3.8) is 0 Å². The Labute approximate surface area is 108 Å². The highest BCUT2D eigenvalue weighted by Gasteiger charge is 2.20. The largest absolute Gasteiger partial charge is 0.497 e. The summed E-state index contributed by atoms with van der Waals surface area (Å²) < 4.78 is 5.25. The van der Waals surface area contributed by atoms with Gasteiger partial charge in [-0.1, -0.05) is 12.6 Å². The predicted molar refractivity (Wildman–Crippen MR) is 71.9 cm³/mol. The first-order chi connectivity index (χ1) is 8.74. The summed E-state index contributed by atoms with van der Waals surface area (Å²) in [5.41, 5.74) is 2.69. The molecule has 3 nitrogen and oxygen atoms in total. The highest BCUT2D eigenvalue weighted by atomic mass is 16.5. The van der Waals surface area contributed by atoms with Crippen molar-refractivity contribution in [1.82, 2.24) is 5.32 Å². The highest BCUT2D eigenvalue weighted by Crippen LogP contribution is 2.33. The molecule has 0 spiro atoms. The minimum absolute atomic E-state index is 0.101. The van der Waals surface area contributed by atoms with E-state index < -0.39 is 0 Å². The van der Waals surface area contributed by atoms with Crippen molar-refractivity contribution in [1.29, 1.82) is 0 Å². The van der Waals surface area contributed by atoms with Crippen molar-refractivity contribution in [2.75, 3.05) is 13.7 Å². The van der Waals surface area contributed by atoms with Gasteiger partial charge in [-0.15, -0.1) is 0 Å². The number of aryl methyl sites for hydroxylation is 1. The van der Waals surface area contributed by atoms with E-state index in [-0.39, 0.29) is 5.91 Å². The molecular formula is C15H19NO2. The van der Waals surface area contributed by atoms with Crippen LogP contribution in [-0.4, -0.2) is 19.6 Å². The van der Waals surface area contributed by atoms with Crippen molar-refractivity contribution in [3.8, 4) is 5.75 Å². The quantitative estimate of drug-likeness (QED) is 0.827. The maximum atomic E-state index is 11.2. The molecule has 2 rings (SSSR count). The van der Waals surface area contributed by atoms with Crippen molar-refractivity contribution in [2.45, 2.75) is 25.2 Å². The van der Waals surface area contributed by atoms with Crippen LogP contribution in [0.5, 0.6) is 5.75 Å². The fourth-order valence-corrected chi connectivity index (χ4v) is 2.53. The van der Waals surface area contributed by atoms with Gasteiger partial charge >= 0.3 is 0 Å². The first-order valence-electron chi connectivity index (χ1n) is 6.31. The average molecular weight is 245 g/mol. The van der Waals surface area contributed by atoms with Crippen LogP contribution in [-0.2, 0) is 11.2 Å². The summed E-state index contributed by atoms with van der Waals surface area (Å²) in [4.78, 5) is 11.2. The van der Waals surface area contributed by atoms with Gasteiger partial charge in [-0.2, -0.15) is 0 Å². The van der Waals surface area contributed by atoms with Gasteiger partial charge in [-0.3, -0.25) is 4.79 Å². The number of nitrogens with one attached hydrogen (secondary N) is 1. The lowest BCUT2D eigenvalue weighted by molar-refractivity contribution is -0.116. The first kappa shape index (κ1) is 12.7. The molecule has 0 aliphatic heterocycles. The fourth-order valence-electron chi connectivity index (χ4n) is 2.53. The van der Waals surface area contributed by atoms with Gasteiger partial charge in [0.25, 0.3) is 0 Å². The number of ether oxygens (including phenoxy) is 1. The molecule has 3 heteroatoms. The van der Waals surface area contributed by atoms with Crippen LogP contribution in [0.1, 0.15) is 29.9 Å². The number of rotatable bonds is 4. The SMILES string of the molecule is C=CC(=O)NCC1CCCc2cc(OC)ccc21. The normalized spacial score (nSPS) is 17.7. The van der Waals surface area contributed by atoms with Crippen LogP contribution in [0.3, 0.4) is 0 Å². The third-order valence-corrected chi connectivity index (χ3v) is 3.50. The minimum atomic E-state index is -0.101. The molecule has 1 aromatic rings. The zero-order chi connectivity index (χ0) is 13.0. The molecule has 1 atom stereocenters. The number of methoxy groups -OCH3 is 1. The summed E-state index contributed by atoms with van der Waals surface area (Å²) in [6.07, 6.45) is 4.70. The van der Waals surface area contributed by atoms with Gasteiger partial charge in [0, 0.05) is 12.5 Å². The molecule has 1 N–H and O–H groups in total. The second kappa shape index (κ2) is 5.71. The number of carbonyl (C=O) groups excluding carboxylic acids is 1. The van der Waals surface area contributed by atoms with Crippen LogP contribution in [0.4, 0.5) is 0 Å². The first-order valence-corrected chi connectivity index (χ1v) is 6.31. The molecule has 96 valence electrons. The molecule has 1 unspecified atom stereocenters. The van der Waals surface area contributed by atoms with Gasteiger partial charge in [0.15, 0.2) is 0 Å². The number of amides is 1. The van der Waals surface area contributed by atoms with E-state index in [9.17, 15) is 4.79 Å². The lowest BCUT2D eigenvalue weighted by Crippen LogP contribution is -2.28. The predicted octanol–water partition coefficient (Wildman–Crippen LogP) is 2.42. The van der Waals surface area contributed by atoms with Crippen LogP contribution in [0, 0.1) is 0 Å². The molecule has 0 radical (unpaired) electrons. The monoisotopic (exact) mass is 245 g/mol. The Bertz CT molecular complexity index is 454. The standard InChI is InChI=1S/C15H19NO2/c1-3-15(17)16-10-12-6-4-5-11-9-13(18-2)7-8-14(11)12/h3,7-9,12H,1,4-6,10H2,2H3,(H,16,17). The van der Waals surface area contributed by atoms with E-state index in [1.54, 1.807) is 7.11 Å². The average Bonchev–Trinajstić information content (AvgIpc) is 2.43. The Balaban J connectivity index is 2.12. The Morgan fingerprint density at radius 1 is 1.61 bits per heavy atom. The van der Waals surface area contributed by atoms with Gasteiger partial charge in [0.2, 0.25) is 5.91 Å². The molecule has 0 heterocycles. The maximum Gasteiger partial charge on any atom is 0.243 e. The molecule has 0 aromatic heterocycles. The summed E-state index contributed by atoms with van der Waals surface area (Å²) in [7, 11) is 1.69. The summed E-state index contributed by atoms with van der Waals surface area (Å²) in [5.74, 6) is 1.21.